The van der Waals surface area contributed by atoms with Gasteiger partial charge in [-0.25, -0.2) is 0 Å². The summed E-state index contributed by atoms with van der Waals surface area (Å²) in [5.74, 6) is 0. The normalized spacial score (nSPS) is 9.50. The van der Waals surface area contributed by atoms with Gasteiger partial charge in [0.25, 0.3) is 0 Å². The van der Waals surface area contributed by atoms with Gasteiger partial charge >= 0.3 is 26.5 Å². The van der Waals surface area contributed by atoms with Crippen molar-refractivity contribution in [3.8, 4) is 0 Å². The van der Waals surface area contributed by atoms with Crippen LogP contribution in [0.15, 0.2) is 0 Å². The first-order valence-corrected chi connectivity index (χ1v) is 7.10. The fraction of sp³-hybridized carbons (Fsp3) is 1.00. The topological polar surface area (TPSA) is 94.5 Å². The van der Waals surface area contributed by atoms with Gasteiger partial charge in [0, 0.05) is 6.61 Å². The van der Waals surface area contributed by atoms with E-state index in [0.717, 1.165) is 6.61 Å². The molecule has 0 aliphatic rings. The molecule has 0 aliphatic carbocycles. The molecule has 0 unspecified atom stereocenters. The van der Waals surface area contributed by atoms with Gasteiger partial charge in [0.05, 0.1) is 52.9 Å². The zero-order chi connectivity index (χ0) is 13.9. The molecule has 0 saturated heterocycles. The van der Waals surface area contributed by atoms with Crippen molar-refractivity contribution in [2.75, 3.05) is 59.5 Å². The maximum absolute atomic E-state index is 8.61. The van der Waals surface area contributed by atoms with Gasteiger partial charge in [0.2, 0.25) is 0 Å². The molecular weight excluding hydrogens is 280 g/mol. The predicted molar refractivity (Wildman–Crippen MR) is 58.9 cm³/mol. The van der Waals surface area contributed by atoms with E-state index in [4.69, 9.17) is 31.1 Å². The first-order valence-electron chi connectivity index (χ1n) is 5.76. The summed E-state index contributed by atoms with van der Waals surface area (Å²) in [6.07, 6.45) is 0. The van der Waals surface area contributed by atoms with Crippen LogP contribution >= 0.6 is 0 Å². The fourth-order valence-corrected chi connectivity index (χ4v) is 0.869. The Morgan fingerprint density at radius 1 is 0.833 bits per heavy atom. The van der Waals surface area contributed by atoms with E-state index in [1.807, 2.05) is 6.92 Å². The van der Waals surface area contributed by atoms with E-state index in [9.17, 15) is 0 Å². The van der Waals surface area contributed by atoms with Crippen LogP contribution in [0.5, 0.6) is 0 Å². The molecule has 0 spiro atoms. The molecule has 18 heavy (non-hydrogen) atoms. The summed E-state index contributed by atoms with van der Waals surface area (Å²) in [4.78, 5) is 0. The van der Waals surface area contributed by atoms with Crippen LogP contribution in [0, 0.1) is 0 Å². The Balaban J connectivity index is 0. The van der Waals surface area contributed by atoms with Crippen molar-refractivity contribution in [1.82, 2.24) is 0 Å². The van der Waals surface area contributed by atoms with Gasteiger partial charge in [-0.15, -0.1) is 0 Å². The van der Waals surface area contributed by atoms with Gasteiger partial charge < -0.3 is 24.1 Å². The number of ether oxygens (including phenoxy) is 4. The van der Waals surface area contributed by atoms with Crippen LogP contribution in [0.4, 0.5) is 0 Å². The van der Waals surface area contributed by atoms with Crippen LogP contribution in [-0.4, -0.2) is 68.3 Å². The van der Waals surface area contributed by atoms with Gasteiger partial charge in [0.1, 0.15) is 0 Å². The SMILES string of the molecule is CCOCCOCCOCCOCCO.[O]=[Ti][OH]. The van der Waals surface area contributed by atoms with Crippen LogP contribution in [0.3, 0.4) is 0 Å². The van der Waals surface area contributed by atoms with Crippen molar-refractivity contribution in [2.24, 2.45) is 0 Å². The fourth-order valence-electron chi connectivity index (χ4n) is 0.869. The summed E-state index contributed by atoms with van der Waals surface area (Å²) < 4.78 is 36.3. The quantitative estimate of drug-likeness (QED) is 0.367. The molecule has 0 atom stereocenters. The first kappa shape index (κ1) is 20.6. The molecule has 0 aliphatic heterocycles. The number of hydrogen-bond acceptors (Lipinski definition) is 6. The molecule has 109 valence electrons. The molecule has 0 aromatic rings. The monoisotopic (exact) mass is 303 g/mol. The number of aliphatic hydroxyl groups is 1. The Hall–Kier alpha value is 0.274. The standard InChI is InChI=1S/C10H22O5.H2O.O.Ti/c1-2-12-5-6-14-9-10-15-8-7-13-4-3-11;;;/h11H,2-10H2,1H3;1H2;;/q;;;+1/p-1. The number of aliphatic hydroxyl groups excluding tert-OH is 1. The molecular formula is C10H23O7Ti. The van der Waals surface area contributed by atoms with Gasteiger partial charge in [-0.05, 0) is 6.92 Å². The minimum absolute atomic E-state index is 0.0561. The summed E-state index contributed by atoms with van der Waals surface area (Å²) >= 11 is -1.75. The van der Waals surface area contributed by atoms with Crippen molar-refractivity contribution in [3.63, 3.8) is 0 Å². The molecule has 8 heteroatoms. The van der Waals surface area contributed by atoms with Crippen molar-refractivity contribution >= 4 is 0 Å². The molecule has 0 rings (SSSR count). The van der Waals surface area contributed by atoms with E-state index in [1.165, 1.54) is 0 Å². The Labute approximate surface area is 117 Å². The molecule has 2 N–H and O–H groups in total. The second-order valence-corrected chi connectivity index (χ2v) is 3.13. The van der Waals surface area contributed by atoms with Crippen LogP contribution in [-0.2, 0) is 41.8 Å². The molecule has 0 aromatic heterocycles. The zero-order valence-electron chi connectivity index (χ0n) is 10.8. The van der Waals surface area contributed by atoms with E-state index in [0.29, 0.717) is 46.2 Å². The van der Waals surface area contributed by atoms with Gasteiger partial charge in [-0.1, -0.05) is 0 Å². The van der Waals surface area contributed by atoms with E-state index in [2.05, 4.69) is 0 Å². The third kappa shape index (κ3) is 25.2. The minimum atomic E-state index is -1.75. The average Bonchev–Trinajstić information content (AvgIpc) is 2.37. The molecule has 7 nitrogen and oxygen atoms in total. The molecule has 0 amide bonds. The molecule has 0 fully saturated rings. The average molecular weight is 303 g/mol. The number of rotatable bonds is 12. The summed E-state index contributed by atoms with van der Waals surface area (Å²) in [5.41, 5.74) is 0. The Bertz CT molecular complexity index is 136. The van der Waals surface area contributed by atoms with E-state index in [1.54, 1.807) is 0 Å². The summed E-state index contributed by atoms with van der Waals surface area (Å²) in [5, 5.41) is 8.41. The van der Waals surface area contributed by atoms with E-state index in [-0.39, 0.29) is 6.61 Å². The molecule has 0 bridgehead atoms. The van der Waals surface area contributed by atoms with Gasteiger partial charge in [0.15, 0.2) is 0 Å². The molecule has 0 radical (unpaired) electrons. The van der Waals surface area contributed by atoms with E-state index >= 15 is 0 Å². The van der Waals surface area contributed by atoms with Crippen LogP contribution in [0.25, 0.3) is 0 Å². The second kappa shape index (κ2) is 22.5. The summed E-state index contributed by atoms with van der Waals surface area (Å²) in [6.45, 7) is 6.54. The third-order valence-corrected chi connectivity index (χ3v) is 1.56. The predicted octanol–water partition coefficient (Wildman–Crippen LogP) is -0.613. The zero-order valence-corrected chi connectivity index (χ0v) is 12.4. The molecule has 0 aromatic carbocycles. The maximum atomic E-state index is 8.61. The third-order valence-electron chi connectivity index (χ3n) is 1.56. The van der Waals surface area contributed by atoms with Crippen LogP contribution < -0.4 is 0 Å². The van der Waals surface area contributed by atoms with Crippen molar-refractivity contribution in [2.45, 2.75) is 6.92 Å². The number of hydrogen-bond donors (Lipinski definition) is 2. The van der Waals surface area contributed by atoms with Crippen LogP contribution in [0.1, 0.15) is 6.92 Å². The summed E-state index contributed by atoms with van der Waals surface area (Å²) in [6, 6.07) is 0. The van der Waals surface area contributed by atoms with Crippen molar-refractivity contribution in [1.29, 1.82) is 0 Å². The van der Waals surface area contributed by atoms with Crippen molar-refractivity contribution < 1.29 is 50.6 Å². The molecule has 0 saturated carbocycles. The van der Waals surface area contributed by atoms with Crippen molar-refractivity contribution in [3.05, 3.63) is 0 Å². The summed E-state index contributed by atoms with van der Waals surface area (Å²) in [7, 11) is 0. The van der Waals surface area contributed by atoms with Crippen LogP contribution in [0.2, 0.25) is 0 Å². The van der Waals surface area contributed by atoms with E-state index < -0.39 is 19.5 Å². The Morgan fingerprint density at radius 2 is 1.17 bits per heavy atom. The Morgan fingerprint density at radius 3 is 1.50 bits per heavy atom. The molecule has 0 heterocycles. The first-order chi connectivity index (χ1) is 8.83. The van der Waals surface area contributed by atoms with Gasteiger partial charge in [-0.3, -0.25) is 0 Å². The van der Waals surface area contributed by atoms with Gasteiger partial charge in [-0.2, -0.15) is 0 Å². The Kier molecular flexibility index (Phi) is 25.7. The second-order valence-electron chi connectivity index (χ2n) is 2.85.